The molecule has 2 N–H and O–H groups in total. The van der Waals surface area contributed by atoms with Gasteiger partial charge in [-0.15, -0.1) is 12.6 Å². The number of thiol groups is 1. The van der Waals surface area contributed by atoms with Gasteiger partial charge in [-0.2, -0.15) is 0 Å². The molecule has 0 bridgehead atoms. The molecule has 2 unspecified atom stereocenters. The van der Waals surface area contributed by atoms with Crippen LogP contribution in [0.4, 0.5) is 0 Å². The summed E-state index contributed by atoms with van der Waals surface area (Å²) in [5.41, 5.74) is -0.166. The van der Waals surface area contributed by atoms with Crippen LogP contribution in [0.5, 0.6) is 0 Å². The molecule has 5 heteroatoms. The van der Waals surface area contributed by atoms with Crippen LogP contribution in [-0.2, 0) is 4.74 Å². The van der Waals surface area contributed by atoms with Gasteiger partial charge in [0.25, 0.3) is 0 Å². The Morgan fingerprint density at radius 3 is 2.60 bits per heavy atom. The van der Waals surface area contributed by atoms with Gasteiger partial charge in [-0.3, -0.25) is 10.4 Å². The summed E-state index contributed by atoms with van der Waals surface area (Å²) in [7, 11) is 0. The van der Waals surface area contributed by atoms with Crippen LogP contribution < -0.4 is 0 Å². The molecule has 60 valence electrons. The minimum Gasteiger partial charge on any atom is -0.368 e. The van der Waals surface area contributed by atoms with Crippen LogP contribution in [0.2, 0.25) is 0 Å². The fraction of sp³-hybridized carbons (Fsp3) is 1.00. The fourth-order valence-corrected chi connectivity index (χ4v) is 1.32. The van der Waals surface area contributed by atoms with Crippen molar-refractivity contribution in [2.75, 3.05) is 6.61 Å². The lowest BCUT2D eigenvalue weighted by Gasteiger charge is -2.28. The molecule has 0 saturated carbocycles. The molecule has 1 saturated heterocycles. The lowest BCUT2D eigenvalue weighted by Crippen LogP contribution is -2.37. The zero-order chi connectivity index (χ0) is 7.56. The van der Waals surface area contributed by atoms with Crippen molar-refractivity contribution < 1.29 is 15.2 Å². The first-order chi connectivity index (χ1) is 4.70. The number of hydrogen-bond acceptors (Lipinski definition) is 5. The summed E-state index contributed by atoms with van der Waals surface area (Å²) >= 11 is 4.04. The summed E-state index contributed by atoms with van der Waals surface area (Å²) in [6.07, 6.45) is 1.19. The maximum atomic E-state index is 8.59. The number of hydrogen-bond donors (Lipinski definition) is 3. The molecule has 1 aliphatic heterocycles. The molecule has 0 aromatic heterocycles. The Balaban J connectivity index is 2.32. The van der Waals surface area contributed by atoms with E-state index in [0.29, 0.717) is 19.4 Å². The van der Waals surface area contributed by atoms with E-state index >= 15 is 0 Å². The van der Waals surface area contributed by atoms with Gasteiger partial charge in [0.1, 0.15) is 5.44 Å². The molecule has 0 radical (unpaired) electrons. The van der Waals surface area contributed by atoms with Gasteiger partial charge in [0, 0.05) is 13.0 Å². The van der Waals surface area contributed by atoms with E-state index in [0.717, 1.165) is 0 Å². The maximum absolute atomic E-state index is 8.59. The molecular weight excluding hydrogens is 154 g/mol. The Morgan fingerprint density at radius 1 is 1.50 bits per heavy atom. The van der Waals surface area contributed by atoms with Gasteiger partial charge in [-0.25, -0.2) is 0 Å². The molecule has 10 heavy (non-hydrogen) atoms. The van der Waals surface area contributed by atoms with Crippen LogP contribution in [0.25, 0.3) is 0 Å². The van der Waals surface area contributed by atoms with E-state index in [1.807, 2.05) is 0 Å². The maximum Gasteiger partial charge on any atom is 0.102 e. The second-order valence-corrected chi connectivity index (χ2v) is 2.90. The number of rotatable bonds is 1. The summed E-state index contributed by atoms with van der Waals surface area (Å²) < 4.78 is 5.07. The van der Waals surface area contributed by atoms with Gasteiger partial charge >= 0.3 is 0 Å². The Kier molecular flexibility index (Phi) is 2.94. The monoisotopic (exact) mass is 165 g/mol. The SMILES string of the molecule is ON(O)C1CCOC(S)C1. The highest BCUT2D eigenvalue weighted by molar-refractivity contribution is 7.80. The van der Waals surface area contributed by atoms with E-state index in [-0.39, 0.29) is 16.7 Å². The highest BCUT2D eigenvalue weighted by Gasteiger charge is 2.23. The van der Waals surface area contributed by atoms with Crippen LogP contribution in [0.15, 0.2) is 0 Å². The first-order valence-electron chi connectivity index (χ1n) is 3.17. The molecule has 0 aromatic carbocycles. The predicted octanol–water partition coefficient (Wildman–Crippen LogP) is 0.502. The van der Waals surface area contributed by atoms with E-state index in [2.05, 4.69) is 12.6 Å². The van der Waals surface area contributed by atoms with Crippen LogP contribution in [0.1, 0.15) is 12.8 Å². The summed E-state index contributed by atoms with van der Waals surface area (Å²) in [4.78, 5) is 0. The van der Waals surface area contributed by atoms with Crippen molar-refractivity contribution in [1.29, 1.82) is 0 Å². The molecule has 1 fully saturated rings. The smallest absolute Gasteiger partial charge is 0.102 e. The summed E-state index contributed by atoms with van der Waals surface area (Å²) in [6, 6.07) is -0.226. The van der Waals surface area contributed by atoms with Gasteiger partial charge in [0.15, 0.2) is 0 Å². The quantitative estimate of drug-likeness (QED) is 0.391. The largest absolute Gasteiger partial charge is 0.368 e. The Hall–Kier alpha value is 0.190. The van der Waals surface area contributed by atoms with Crippen LogP contribution in [-0.4, -0.2) is 33.7 Å². The first kappa shape index (κ1) is 8.29. The Morgan fingerprint density at radius 2 is 2.20 bits per heavy atom. The minimum atomic E-state index is -0.226. The highest BCUT2D eigenvalue weighted by atomic mass is 32.1. The topological polar surface area (TPSA) is 52.9 Å². The molecular formula is C5H11NO3S. The summed E-state index contributed by atoms with van der Waals surface area (Å²) in [6.45, 7) is 0.538. The van der Waals surface area contributed by atoms with Crippen LogP contribution in [0.3, 0.4) is 0 Å². The number of hydroxylamine groups is 2. The second-order valence-electron chi connectivity index (χ2n) is 2.32. The lowest BCUT2D eigenvalue weighted by atomic mass is 10.1. The minimum absolute atomic E-state index is 0.166. The van der Waals surface area contributed by atoms with Gasteiger partial charge in [0.2, 0.25) is 0 Å². The van der Waals surface area contributed by atoms with Crippen LogP contribution in [0, 0.1) is 0 Å². The molecule has 0 aliphatic carbocycles. The summed E-state index contributed by atoms with van der Waals surface area (Å²) in [5.74, 6) is 0. The second kappa shape index (κ2) is 3.54. The molecule has 4 nitrogen and oxygen atoms in total. The third-order valence-corrected chi connectivity index (χ3v) is 1.92. The normalized spacial score (nSPS) is 34.8. The molecule has 1 aliphatic rings. The van der Waals surface area contributed by atoms with E-state index in [1.165, 1.54) is 0 Å². The molecule has 0 spiro atoms. The average molecular weight is 165 g/mol. The Labute approximate surface area is 64.7 Å². The average Bonchev–Trinajstić information content (AvgIpc) is 1.88. The van der Waals surface area contributed by atoms with Gasteiger partial charge in [-0.05, 0) is 6.42 Å². The van der Waals surface area contributed by atoms with E-state index < -0.39 is 0 Å². The van der Waals surface area contributed by atoms with Crippen molar-refractivity contribution >= 4 is 12.6 Å². The Bertz CT molecular complexity index is 111. The van der Waals surface area contributed by atoms with E-state index in [9.17, 15) is 0 Å². The molecule has 2 atom stereocenters. The zero-order valence-electron chi connectivity index (χ0n) is 5.47. The summed E-state index contributed by atoms with van der Waals surface area (Å²) in [5, 5.41) is 17.4. The van der Waals surface area contributed by atoms with Crippen molar-refractivity contribution in [3.63, 3.8) is 0 Å². The van der Waals surface area contributed by atoms with Gasteiger partial charge in [0.05, 0.1) is 6.04 Å². The fourth-order valence-electron chi connectivity index (χ4n) is 0.969. The lowest BCUT2D eigenvalue weighted by molar-refractivity contribution is -0.339. The third kappa shape index (κ3) is 2.10. The molecule has 1 rings (SSSR count). The van der Waals surface area contributed by atoms with Crippen molar-refractivity contribution in [2.45, 2.75) is 24.3 Å². The van der Waals surface area contributed by atoms with Crippen molar-refractivity contribution in [3.8, 4) is 0 Å². The molecule has 0 aromatic rings. The highest BCUT2D eigenvalue weighted by Crippen LogP contribution is 2.18. The molecule has 0 amide bonds. The van der Waals surface area contributed by atoms with Gasteiger partial charge in [-0.1, -0.05) is 5.23 Å². The van der Waals surface area contributed by atoms with Crippen molar-refractivity contribution in [1.82, 2.24) is 5.23 Å². The number of nitrogens with zero attached hydrogens (tertiary/aromatic N) is 1. The van der Waals surface area contributed by atoms with Crippen molar-refractivity contribution in [2.24, 2.45) is 0 Å². The third-order valence-electron chi connectivity index (χ3n) is 1.56. The van der Waals surface area contributed by atoms with E-state index in [1.54, 1.807) is 0 Å². The first-order valence-corrected chi connectivity index (χ1v) is 3.68. The standard InChI is InChI=1S/C5H11NO3S/c7-6(8)4-1-2-9-5(10)3-4/h4-5,7-8,10H,1-3H2. The van der Waals surface area contributed by atoms with Crippen molar-refractivity contribution in [3.05, 3.63) is 0 Å². The van der Waals surface area contributed by atoms with Crippen LogP contribution >= 0.6 is 12.6 Å². The predicted molar refractivity (Wildman–Crippen MR) is 37.2 cm³/mol. The molecule has 1 heterocycles. The number of ether oxygens (including phenoxy) is 1. The van der Waals surface area contributed by atoms with Gasteiger partial charge < -0.3 is 4.74 Å². The zero-order valence-corrected chi connectivity index (χ0v) is 6.37. The van der Waals surface area contributed by atoms with E-state index in [4.69, 9.17) is 15.2 Å².